The molecule has 1 aliphatic rings. The average Bonchev–Trinajstić information content (AvgIpc) is 3.21. The quantitative estimate of drug-likeness (QED) is 0.653. The van der Waals surface area contributed by atoms with Gasteiger partial charge in [-0.05, 0) is 12.1 Å². The lowest BCUT2D eigenvalue weighted by atomic mass is 10.2. The van der Waals surface area contributed by atoms with Crippen LogP contribution >= 0.6 is 11.5 Å². The van der Waals surface area contributed by atoms with Crippen LogP contribution in [0.25, 0.3) is 11.4 Å². The fourth-order valence-electron chi connectivity index (χ4n) is 2.95. The predicted molar refractivity (Wildman–Crippen MR) is 107 cm³/mol. The zero-order valence-electron chi connectivity index (χ0n) is 14.8. The molecular weight excluding hydrogens is 359 g/mol. The summed E-state index contributed by atoms with van der Waals surface area (Å²) in [4.78, 5) is 9.24. The summed E-state index contributed by atoms with van der Waals surface area (Å²) in [7, 11) is 0. The molecule has 136 valence electrons. The minimum atomic E-state index is -0.264. The topological polar surface area (TPSA) is 32.3 Å². The van der Waals surface area contributed by atoms with Crippen LogP contribution in [0.3, 0.4) is 0 Å². The van der Waals surface area contributed by atoms with Crippen LogP contribution in [0.2, 0.25) is 0 Å². The molecule has 0 unspecified atom stereocenters. The molecule has 2 aromatic carbocycles. The SMILES string of the molecule is Fc1ccccc1C#CCN1CCN(c2nc(-c3ccccc3)ns2)CC1. The van der Waals surface area contributed by atoms with E-state index in [1.165, 1.54) is 17.6 Å². The first-order valence-corrected chi connectivity index (χ1v) is 9.67. The van der Waals surface area contributed by atoms with Crippen molar-refractivity contribution >= 4 is 16.7 Å². The van der Waals surface area contributed by atoms with Crippen molar-refractivity contribution in [1.29, 1.82) is 0 Å². The maximum atomic E-state index is 13.6. The van der Waals surface area contributed by atoms with E-state index in [1.54, 1.807) is 18.2 Å². The highest BCUT2D eigenvalue weighted by Crippen LogP contribution is 2.24. The average molecular weight is 378 g/mol. The molecule has 3 aromatic rings. The van der Waals surface area contributed by atoms with E-state index >= 15 is 0 Å². The zero-order valence-corrected chi connectivity index (χ0v) is 15.6. The number of benzene rings is 2. The Hall–Kier alpha value is -2.75. The van der Waals surface area contributed by atoms with Gasteiger partial charge in [-0.3, -0.25) is 4.90 Å². The Morgan fingerprint density at radius 1 is 0.963 bits per heavy atom. The molecule has 0 bridgehead atoms. The summed E-state index contributed by atoms with van der Waals surface area (Å²) in [5.74, 6) is 6.53. The van der Waals surface area contributed by atoms with E-state index in [1.807, 2.05) is 30.3 Å². The van der Waals surface area contributed by atoms with E-state index in [-0.39, 0.29) is 5.82 Å². The molecule has 2 heterocycles. The number of hydrogen-bond donors (Lipinski definition) is 0. The molecule has 0 saturated carbocycles. The summed E-state index contributed by atoms with van der Waals surface area (Å²) in [5, 5.41) is 0.964. The molecule has 0 amide bonds. The van der Waals surface area contributed by atoms with Crippen LogP contribution in [0.1, 0.15) is 5.56 Å². The summed E-state index contributed by atoms with van der Waals surface area (Å²) < 4.78 is 18.1. The van der Waals surface area contributed by atoms with E-state index < -0.39 is 0 Å². The molecule has 0 N–H and O–H groups in total. The Morgan fingerprint density at radius 2 is 1.70 bits per heavy atom. The Morgan fingerprint density at radius 3 is 2.48 bits per heavy atom. The van der Waals surface area contributed by atoms with Crippen LogP contribution in [0, 0.1) is 17.7 Å². The first-order chi connectivity index (χ1) is 13.3. The fraction of sp³-hybridized carbons (Fsp3) is 0.238. The summed E-state index contributed by atoms with van der Waals surface area (Å²) in [6.45, 7) is 4.25. The van der Waals surface area contributed by atoms with Crippen LogP contribution in [0.15, 0.2) is 54.6 Å². The largest absolute Gasteiger partial charge is 0.344 e. The number of anilines is 1. The maximum Gasteiger partial charge on any atom is 0.205 e. The van der Waals surface area contributed by atoms with Gasteiger partial charge in [0.2, 0.25) is 5.13 Å². The molecule has 0 radical (unpaired) electrons. The van der Waals surface area contributed by atoms with E-state index in [2.05, 4.69) is 31.0 Å². The van der Waals surface area contributed by atoms with Gasteiger partial charge in [0.1, 0.15) is 5.82 Å². The molecule has 1 saturated heterocycles. The number of piperazine rings is 1. The smallest absolute Gasteiger partial charge is 0.205 e. The molecule has 0 atom stereocenters. The van der Waals surface area contributed by atoms with E-state index in [9.17, 15) is 4.39 Å². The first-order valence-electron chi connectivity index (χ1n) is 8.89. The summed E-state index contributed by atoms with van der Waals surface area (Å²) in [6.07, 6.45) is 0. The molecule has 4 rings (SSSR count). The van der Waals surface area contributed by atoms with Crippen molar-refractivity contribution in [2.75, 3.05) is 37.6 Å². The minimum absolute atomic E-state index is 0.264. The highest BCUT2D eigenvalue weighted by Gasteiger charge is 2.19. The van der Waals surface area contributed by atoms with Crippen LogP contribution in [-0.2, 0) is 0 Å². The lowest BCUT2D eigenvalue weighted by Crippen LogP contribution is -2.46. The lowest BCUT2D eigenvalue weighted by Gasteiger charge is -2.33. The Bertz CT molecular complexity index is 953. The molecule has 0 spiro atoms. The van der Waals surface area contributed by atoms with Gasteiger partial charge in [0, 0.05) is 43.3 Å². The Labute approximate surface area is 162 Å². The fourth-order valence-corrected chi connectivity index (χ4v) is 3.69. The van der Waals surface area contributed by atoms with Crippen molar-refractivity contribution in [3.63, 3.8) is 0 Å². The van der Waals surface area contributed by atoms with Crippen molar-refractivity contribution in [2.24, 2.45) is 0 Å². The molecule has 6 heteroatoms. The maximum absolute atomic E-state index is 13.6. The van der Waals surface area contributed by atoms with Crippen LogP contribution in [0.5, 0.6) is 0 Å². The van der Waals surface area contributed by atoms with E-state index in [0.717, 1.165) is 42.7 Å². The second kappa shape index (κ2) is 8.30. The van der Waals surface area contributed by atoms with Crippen molar-refractivity contribution in [1.82, 2.24) is 14.3 Å². The van der Waals surface area contributed by atoms with Crippen LogP contribution in [0.4, 0.5) is 9.52 Å². The second-order valence-corrected chi connectivity index (χ2v) is 7.04. The number of halogens is 1. The molecule has 27 heavy (non-hydrogen) atoms. The molecule has 1 aliphatic heterocycles. The highest BCUT2D eigenvalue weighted by atomic mass is 32.1. The van der Waals surface area contributed by atoms with Gasteiger partial charge in [0.05, 0.1) is 12.1 Å². The van der Waals surface area contributed by atoms with Crippen molar-refractivity contribution < 1.29 is 4.39 Å². The second-order valence-electron chi connectivity index (χ2n) is 6.31. The van der Waals surface area contributed by atoms with Gasteiger partial charge >= 0.3 is 0 Å². The van der Waals surface area contributed by atoms with Crippen molar-refractivity contribution in [3.8, 4) is 23.2 Å². The van der Waals surface area contributed by atoms with E-state index in [0.29, 0.717) is 12.1 Å². The van der Waals surface area contributed by atoms with Crippen molar-refractivity contribution in [3.05, 3.63) is 66.0 Å². The van der Waals surface area contributed by atoms with Crippen LogP contribution in [-0.4, -0.2) is 47.0 Å². The number of hydrogen-bond acceptors (Lipinski definition) is 5. The minimum Gasteiger partial charge on any atom is -0.344 e. The van der Waals surface area contributed by atoms with Gasteiger partial charge in [-0.2, -0.15) is 9.36 Å². The number of rotatable bonds is 3. The summed E-state index contributed by atoms with van der Waals surface area (Å²) in [6, 6.07) is 16.7. The monoisotopic (exact) mass is 378 g/mol. The van der Waals surface area contributed by atoms with Gasteiger partial charge < -0.3 is 4.90 Å². The summed E-state index contributed by atoms with van der Waals surface area (Å²) >= 11 is 1.45. The highest BCUT2D eigenvalue weighted by molar-refractivity contribution is 7.09. The van der Waals surface area contributed by atoms with Crippen molar-refractivity contribution in [2.45, 2.75) is 0 Å². The van der Waals surface area contributed by atoms with Gasteiger partial charge in [-0.15, -0.1) is 0 Å². The van der Waals surface area contributed by atoms with E-state index in [4.69, 9.17) is 0 Å². The predicted octanol–water partition coefficient (Wildman–Crippen LogP) is 3.52. The molecule has 1 aromatic heterocycles. The Kier molecular flexibility index (Phi) is 5.42. The number of nitrogens with zero attached hydrogens (tertiary/aromatic N) is 4. The third kappa shape index (κ3) is 4.33. The number of aromatic nitrogens is 2. The van der Waals surface area contributed by atoms with Gasteiger partial charge in [0.25, 0.3) is 0 Å². The zero-order chi connectivity index (χ0) is 18.5. The molecule has 4 nitrogen and oxygen atoms in total. The molecule has 1 fully saturated rings. The normalized spacial score (nSPS) is 14.6. The first kappa shape index (κ1) is 17.7. The third-order valence-electron chi connectivity index (χ3n) is 4.49. The third-order valence-corrected chi connectivity index (χ3v) is 5.27. The van der Waals surface area contributed by atoms with Gasteiger partial charge in [-0.1, -0.05) is 54.3 Å². The Balaban J connectivity index is 1.32. The summed E-state index contributed by atoms with van der Waals surface area (Å²) in [5.41, 5.74) is 1.50. The van der Waals surface area contributed by atoms with Crippen LogP contribution < -0.4 is 4.90 Å². The molecule has 0 aliphatic carbocycles. The lowest BCUT2D eigenvalue weighted by molar-refractivity contribution is 0.288. The standard InChI is InChI=1S/C21H19FN4S/c22-19-11-5-4-7-17(19)10-6-12-25-13-15-26(16-14-25)21-23-20(24-27-21)18-8-2-1-3-9-18/h1-5,7-9,11H,12-16H2. The van der Waals surface area contributed by atoms with Gasteiger partial charge in [0.15, 0.2) is 5.82 Å². The molecular formula is C21H19FN4S. The van der Waals surface area contributed by atoms with Gasteiger partial charge in [-0.25, -0.2) is 4.39 Å².